The predicted molar refractivity (Wildman–Crippen MR) is 114 cm³/mol. The van der Waals surface area contributed by atoms with Gasteiger partial charge in [-0.05, 0) is 23.8 Å². The van der Waals surface area contributed by atoms with Gasteiger partial charge in [0.15, 0.2) is 5.72 Å². The minimum absolute atomic E-state index is 0.402. The standard InChI is InChI=1S/C24H21ClN2O2/c25-22-8-4-2-6-18(22)16-29-20-11-9-19(10-12-20)24(28)15-17-5-1-3-7-21(17)23-26-13-14-27(23)24/h1-12,28H,13-16H2. The van der Waals surface area contributed by atoms with Crippen LogP contribution < -0.4 is 4.74 Å². The zero-order valence-electron chi connectivity index (χ0n) is 15.9. The number of benzene rings is 3. The van der Waals surface area contributed by atoms with Gasteiger partial charge < -0.3 is 14.7 Å². The number of hydrogen-bond acceptors (Lipinski definition) is 4. The van der Waals surface area contributed by atoms with Crippen LogP contribution in [0.3, 0.4) is 0 Å². The van der Waals surface area contributed by atoms with Gasteiger partial charge in [0.05, 0.1) is 6.54 Å². The van der Waals surface area contributed by atoms with Crippen LogP contribution >= 0.6 is 11.6 Å². The van der Waals surface area contributed by atoms with Crippen molar-refractivity contribution in [3.05, 3.63) is 100 Å². The first kappa shape index (κ1) is 18.2. The average Bonchev–Trinajstić information content (AvgIpc) is 3.25. The number of halogens is 1. The molecule has 3 aromatic rings. The molecule has 0 saturated heterocycles. The van der Waals surface area contributed by atoms with Crippen LogP contribution in [0, 0.1) is 0 Å². The van der Waals surface area contributed by atoms with Gasteiger partial charge in [-0.2, -0.15) is 0 Å². The first-order chi connectivity index (χ1) is 14.1. The number of rotatable bonds is 4. The molecule has 2 heterocycles. The van der Waals surface area contributed by atoms with E-state index in [1.165, 1.54) is 0 Å². The van der Waals surface area contributed by atoms with Gasteiger partial charge in [-0.1, -0.05) is 66.2 Å². The molecule has 0 amide bonds. The summed E-state index contributed by atoms with van der Waals surface area (Å²) in [5.41, 5.74) is 2.91. The predicted octanol–water partition coefficient (Wildman–Crippen LogP) is 4.38. The second-order valence-corrected chi connectivity index (χ2v) is 7.82. The molecule has 0 spiro atoms. The zero-order valence-corrected chi connectivity index (χ0v) is 16.6. The summed E-state index contributed by atoms with van der Waals surface area (Å²) in [6.07, 6.45) is 0.530. The van der Waals surface area contributed by atoms with Crippen molar-refractivity contribution in [3.63, 3.8) is 0 Å². The van der Waals surface area contributed by atoms with E-state index < -0.39 is 5.72 Å². The molecule has 0 aliphatic carbocycles. The molecule has 0 fully saturated rings. The van der Waals surface area contributed by atoms with Crippen LogP contribution in [-0.2, 0) is 18.8 Å². The summed E-state index contributed by atoms with van der Waals surface area (Å²) in [4.78, 5) is 6.68. The third kappa shape index (κ3) is 3.18. The normalized spacial score (nSPS) is 20.1. The summed E-state index contributed by atoms with van der Waals surface area (Å²) in [5, 5.41) is 12.4. The molecule has 5 rings (SSSR count). The highest BCUT2D eigenvalue weighted by Crippen LogP contribution is 2.39. The van der Waals surface area contributed by atoms with Crippen LogP contribution in [0.15, 0.2) is 77.8 Å². The van der Waals surface area contributed by atoms with Crippen molar-refractivity contribution in [1.82, 2.24) is 4.90 Å². The molecule has 0 bridgehead atoms. The quantitative estimate of drug-likeness (QED) is 0.701. The van der Waals surface area contributed by atoms with Crippen LogP contribution in [0.25, 0.3) is 0 Å². The number of nitrogens with zero attached hydrogens (tertiary/aromatic N) is 2. The Hall–Kier alpha value is -2.82. The van der Waals surface area contributed by atoms with Crippen molar-refractivity contribution in [3.8, 4) is 5.75 Å². The first-order valence-corrected chi connectivity index (χ1v) is 10.1. The molecular weight excluding hydrogens is 384 g/mol. The van der Waals surface area contributed by atoms with Crippen LogP contribution in [0.5, 0.6) is 5.75 Å². The van der Waals surface area contributed by atoms with Crippen LogP contribution in [0.2, 0.25) is 5.02 Å². The average molecular weight is 405 g/mol. The molecule has 4 nitrogen and oxygen atoms in total. The minimum atomic E-state index is -1.11. The van der Waals surface area contributed by atoms with Gasteiger partial charge in [0.2, 0.25) is 0 Å². The van der Waals surface area contributed by atoms with E-state index in [0.29, 0.717) is 31.1 Å². The van der Waals surface area contributed by atoms with Crippen LogP contribution in [-0.4, -0.2) is 28.9 Å². The Morgan fingerprint density at radius 1 is 1.00 bits per heavy atom. The van der Waals surface area contributed by atoms with Gasteiger partial charge in [-0.25, -0.2) is 0 Å². The number of aliphatic hydroxyl groups is 1. The fourth-order valence-electron chi connectivity index (χ4n) is 4.14. The van der Waals surface area contributed by atoms with E-state index in [2.05, 4.69) is 17.1 Å². The second kappa shape index (κ2) is 7.21. The molecule has 1 atom stereocenters. The maximum absolute atomic E-state index is 11.7. The van der Waals surface area contributed by atoms with E-state index in [0.717, 1.165) is 33.8 Å². The van der Waals surface area contributed by atoms with Gasteiger partial charge in [-0.3, -0.25) is 4.99 Å². The number of aliphatic imine (C=N–C) groups is 1. The zero-order chi connectivity index (χ0) is 19.8. The Kier molecular flexibility index (Phi) is 4.53. The van der Waals surface area contributed by atoms with Crippen molar-refractivity contribution in [2.24, 2.45) is 4.99 Å². The monoisotopic (exact) mass is 404 g/mol. The number of amidine groups is 1. The van der Waals surface area contributed by atoms with E-state index in [4.69, 9.17) is 16.3 Å². The maximum atomic E-state index is 11.7. The van der Waals surface area contributed by atoms with Gasteiger partial charge in [-0.15, -0.1) is 0 Å². The molecule has 1 N–H and O–H groups in total. The highest BCUT2D eigenvalue weighted by Gasteiger charge is 2.44. The summed E-state index contributed by atoms with van der Waals surface area (Å²) in [6.45, 7) is 1.82. The van der Waals surface area contributed by atoms with Gasteiger partial charge >= 0.3 is 0 Å². The fraction of sp³-hybridized carbons (Fsp3) is 0.208. The molecule has 0 aromatic heterocycles. The lowest BCUT2D eigenvalue weighted by molar-refractivity contribution is -0.0745. The Bertz CT molecular complexity index is 1080. The Balaban J connectivity index is 1.40. The van der Waals surface area contributed by atoms with Crippen LogP contribution in [0.4, 0.5) is 0 Å². The van der Waals surface area contributed by atoms with Gasteiger partial charge in [0.1, 0.15) is 18.2 Å². The first-order valence-electron chi connectivity index (χ1n) is 9.75. The lowest BCUT2D eigenvalue weighted by atomic mass is 9.86. The second-order valence-electron chi connectivity index (χ2n) is 7.41. The summed E-state index contributed by atoms with van der Waals surface area (Å²) >= 11 is 6.20. The molecule has 2 aliphatic heterocycles. The van der Waals surface area contributed by atoms with E-state index in [1.807, 2.05) is 65.6 Å². The number of ether oxygens (including phenoxy) is 1. The summed E-state index contributed by atoms with van der Waals surface area (Å²) in [6, 6.07) is 23.5. The van der Waals surface area contributed by atoms with Crippen LogP contribution in [0.1, 0.15) is 22.3 Å². The van der Waals surface area contributed by atoms with E-state index in [1.54, 1.807) is 0 Å². The Morgan fingerprint density at radius 3 is 2.59 bits per heavy atom. The summed E-state index contributed by atoms with van der Waals surface area (Å²) < 4.78 is 5.89. The molecule has 5 heteroatoms. The minimum Gasteiger partial charge on any atom is -0.489 e. The molecule has 146 valence electrons. The Morgan fingerprint density at radius 2 is 1.76 bits per heavy atom. The molecule has 0 saturated carbocycles. The van der Waals surface area contributed by atoms with Gasteiger partial charge in [0, 0.05) is 34.7 Å². The SMILES string of the molecule is OC1(c2ccc(OCc3ccccc3Cl)cc2)Cc2ccccc2C2=NCCN21. The lowest BCUT2D eigenvalue weighted by Crippen LogP contribution is -2.53. The molecule has 1 unspecified atom stereocenters. The third-order valence-electron chi connectivity index (χ3n) is 5.65. The topological polar surface area (TPSA) is 45.1 Å². The smallest absolute Gasteiger partial charge is 0.169 e. The van der Waals surface area contributed by atoms with Gasteiger partial charge in [0.25, 0.3) is 0 Å². The highest BCUT2D eigenvalue weighted by atomic mass is 35.5. The lowest BCUT2D eigenvalue weighted by Gasteiger charge is -2.43. The molecule has 0 radical (unpaired) electrons. The van der Waals surface area contributed by atoms with E-state index in [9.17, 15) is 5.11 Å². The Labute approximate surface area is 175 Å². The molecule has 2 aliphatic rings. The highest BCUT2D eigenvalue weighted by molar-refractivity contribution is 6.31. The summed E-state index contributed by atoms with van der Waals surface area (Å²) in [5.74, 6) is 1.62. The summed E-state index contributed by atoms with van der Waals surface area (Å²) in [7, 11) is 0. The van der Waals surface area contributed by atoms with Crippen molar-refractivity contribution in [2.75, 3.05) is 13.1 Å². The number of hydrogen-bond donors (Lipinski definition) is 1. The van der Waals surface area contributed by atoms with Crippen molar-refractivity contribution < 1.29 is 9.84 Å². The molecule has 29 heavy (non-hydrogen) atoms. The fourth-order valence-corrected chi connectivity index (χ4v) is 4.33. The number of fused-ring (bicyclic) bond motifs is 3. The van der Waals surface area contributed by atoms with Crippen molar-refractivity contribution >= 4 is 17.4 Å². The van der Waals surface area contributed by atoms with Crippen molar-refractivity contribution in [2.45, 2.75) is 18.8 Å². The largest absolute Gasteiger partial charge is 0.489 e. The maximum Gasteiger partial charge on any atom is 0.169 e. The van der Waals surface area contributed by atoms with Crippen molar-refractivity contribution in [1.29, 1.82) is 0 Å². The third-order valence-corrected chi connectivity index (χ3v) is 6.02. The van der Waals surface area contributed by atoms with E-state index >= 15 is 0 Å². The molecule has 3 aromatic carbocycles. The molecular formula is C24H21ClN2O2. The van der Waals surface area contributed by atoms with E-state index in [-0.39, 0.29) is 0 Å².